The van der Waals surface area contributed by atoms with E-state index in [9.17, 15) is 13.5 Å². The topological polar surface area (TPSA) is 54.4 Å². The standard InChI is InChI=1S/C14H19ClO3S/c1-10-5-6-11(12(15)8-10)9-14(16)7-3-4-13(14)19(2,17)18/h5-6,8,13,16H,3-4,7,9H2,1-2H3. The average Bonchev–Trinajstić information content (AvgIpc) is 2.64. The molecule has 0 amide bonds. The van der Waals surface area contributed by atoms with Gasteiger partial charge in [-0.1, -0.05) is 23.7 Å². The van der Waals surface area contributed by atoms with Crippen LogP contribution in [0.25, 0.3) is 0 Å². The molecule has 1 aliphatic carbocycles. The van der Waals surface area contributed by atoms with E-state index in [4.69, 9.17) is 11.6 Å². The highest BCUT2D eigenvalue weighted by Crippen LogP contribution is 2.38. The Morgan fingerprint density at radius 1 is 1.47 bits per heavy atom. The van der Waals surface area contributed by atoms with Gasteiger partial charge in [-0.25, -0.2) is 8.42 Å². The second-order valence-electron chi connectivity index (χ2n) is 5.59. The van der Waals surface area contributed by atoms with Crippen LogP contribution in [-0.4, -0.2) is 30.6 Å². The third-order valence-electron chi connectivity index (χ3n) is 3.90. The molecule has 0 spiro atoms. The summed E-state index contributed by atoms with van der Waals surface area (Å²) in [5.74, 6) is 0. The zero-order valence-corrected chi connectivity index (χ0v) is 12.8. The van der Waals surface area contributed by atoms with Crippen LogP contribution in [0.15, 0.2) is 18.2 Å². The largest absolute Gasteiger partial charge is 0.388 e. The van der Waals surface area contributed by atoms with E-state index in [-0.39, 0.29) is 0 Å². The van der Waals surface area contributed by atoms with E-state index in [0.29, 0.717) is 24.3 Å². The second kappa shape index (κ2) is 5.08. The normalized spacial score (nSPS) is 27.7. The molecule has 19 heavy (non-hydrogen) atoms. The maximum Gasteiger partial charge on any atom is 0.153 e. The van der Waals surface area contributed by atoms with Crippen LogP contribution in [0.1, 0.15) is 30.4 Å². The second-order valence-corrected chi connectivity index (χ2v) is 8.22. The molecule has 0 saturated heterocycles. The monoisotopic (exact) mass is 302 g/mol. The summed E-state index contributed by atoms with van der Waals surface area (Å²) in [4.78, 5) is 0. The van der Waals surface area contributed by atoms with E-state index in [0.717, 1.165) is 17.5 Å². The van der Waals surface area contributed by atoms with Gasteiger partial charge < -0.3 is 5.11 Å². The molecular formula is C14H19ClO3S. The molecule has 1 aliphatic rings. The fraction of sp³-hybridized carbons (Fsp3) is 0.571. The zero-order chi connectivity index (χ0) is 14.3. The third kappa shape index (κ3) is 3.12. The smallest absolute Gasteiger partial charge is 0.153 e. The fourth-order valence-electron chi connectivity index (χ4n) is 2.96. The van der Waals surface area contributed by atoms with Crippen molar-refractivity contribution in [2.24, 2.45) is 0 Å². The molecule has 0 aromatic heterocycles. The van der Waals surface area contributed by atoms with Gasteiger partial charge in [0.25, 0.3) is 0 Å². The van der Waals surface area contributed by atoms with E-state index in [2.05, 4.69) is 0 Å². The quantitative estimate of drug-likeness (QED) is 0.933. The Morgan fingerprint density at radius 3 is 2.74 bits per heavy atom. The molecule has 1 aromatic rings. The van der Waals surface area contributed by atoms with Crippen LogP contribution in [0, 0.1) is 6.92 Å². The highest BCUT2D eigenvalue weighted by molar-refractivity contribution is 7.91. The fourth-order valence-corrected chi connectivity index (χ4v) is 4.86. The molecular weight excluding hydrogens is 284 g/mol. The lowest BCUT2D eigenvalue weighted by Crippen LogP contribution is -2.44. The van der Waals surface area contributed by atoms with Gasteiger partial charge in [-0.2, -0.15) is 0 Å². The predicted octanol–water partition coefficient (Wildman–Crippen LogP) is 2.52. The number of aryl methyl sites for hydroxylation is 1. The lowest BCUT2D eigenvalue weighted by atomic mass is 9.92. The van der Waals surface area contributed by atoms with Crippen molar-refractivity contribution >= 4 is 21.4 Å². The van der Waals surface area contributed by atoms with Crippen LogP contribution < -0.4 is 0 Å². The van der Waals surface area contributed by atoms with Crippen LogP contribution in [0.5, 0.6) is 0 Å². The maximum atomic E-state index is 11.8. The highest BCUT2D eigenvalue weighted by atomic mass is 35.5. The minimum absolute atomic E-state index is 0.295. The first-order chi connectivity index (χ1) is 8.72. The van der Waals surface area contributed by atoms with Crippen LogP contribution in [0.3, 0.4) is 0 Å². The van der Waals surface area contributed by atoms with Gasteiger partial charge in [0.2, 0.25) is 0 Å². The molecule has 0 radical (unpaired) electrons. The molecule has 0 bridgehead atoms. The number of aliphatic hydroxyl groups is 1. The van der Waals surface area contributed by atoms with Crippen LogP contribution >= 0.6 is 11.6 Å². The van der Waals surface area contributed by atoms with Crippen molar-refractivity contribution in [2.45, 2.75) is 43.5 Å². The third-order valence-corrected chi connectivity index (χ3v) is 5.96. The van der Waals surface area contributed by atoms with Crippen LogP contribution in [0.2, 0.25) is 5.02 Å². The number of benzene rings is 1. The lowest BCUT2D eigenvalue weighted by molar-refractivity contribution is 0.0513. The summed E-state index contributed by atoms with van der Waals surface area (Å²) >= 11 is 6.17. The molecule has 2 unspecified atom stereocenters. The summed E-state index contributed by atoms with van der Waals surface area (Å²) in [6, 6.07) is 5.63. The van der Waals surface area contributed by atoms with E-state index in [1.807, 2.05) is 25.1 Å². The van der Waals surface area contributed by atoms with Crippen molar-refractivity contribution in [1.29, 1.82) is 0 Å². The van der Waals surface area contributed by atoms with Crippen LogP contribution in [-0.2, 0) is 16.3 Å². The number of hydrogen-bond acceptors (Lipinski definition) is 3. The summed E-state index contributed by atoms with van der Waals surface area (Å²) in [5, 5.41) is 10.6. The SMILES string of the molecule is Cc1ccc(CC2(O)CCCC2S(C)(=O)=O)c(Cl)c1. The summed E-state index contributed by atoms with van der Waals surface area (Å²) in [6.45, 7) is 1.94. The molecule has 1 saturated carbocycles. The Kier molecular flexibility index (Phi) is 3.96. The first kappa shape index (κ1) is 14.8. The summed E-state index contributed by atoms with van der Waals surface area (Å²) in [7, 11) is -3.24. The maximum absolute atomic E-state index is 11.8. The van der Waals surface area contributed by atoms with Crippen molar-refractivity contribution in [1.82, 2.24) is 0 Å². The number of halogens is 1. The van der Waals surface area contributed by atoms with E-state index >= 15 is 0 Å². The van der Waals surface area contributed by atoms with Crippen molar-refractivity contribution in [3.8, 4) is 0 Å². The lowest BCUT2D eigenvalue weighted by Gasteiger charge is -2.29. The molecule has 1 fully saturated rings. The summed E-state index contributed by atoms with van der Waals surface area (Å²) in [5.41, 5.74) is 0.670. The molecule has 3 nitrogen and oxygen atoms in total. The molecule has 106 valence electrons. The van der Waals surface area contributed by atoms with Gasteiger partial charge in [-0.05, 0) is 43.4 Å². The number of rotatable bonds is 3. The highest BCUT2D eigenvalue weighted by Gasteiger charge is 2.46. The van der Waals surface area contributed by atoms with Gasteiger partial charge in [0, 0.05) is 17.7 Å². The van der Waals surface area contributed by atoms with Crippen molar-refractivity contribution in [2.75, 3.05) is 6.26 Å². The van der Waals surface area contributed by atoms with Crippen molar-refractivity contribution < 1.29 is 13.5 Å². The van der Waals surface area contributed by atoms with Gasteiger partial charge in [-0.15, -0.1) is 0 Å². The van der Waals surface area contributed by atoms with Gasteiger partial charge in [-0.3, -0.25) is 0 Å². The minimum atomic E-state index is -3.24. The van der Waals surface area contributed by atoms with Gasteiger partial charge >= 0.3 is 0 Å². The number of hydrogen-bond donors (Lipinski definition) is 1. The zero-order valence-electron chi connectivity index (χ0n) is 11.2. The Balaban J connectivity index is 2.30. The molecule has 2 rings (SSSR count). The molecule has 2 atom stereocenters. The first-order valence-corrected chi connectivity index (χ1v) is 8.72. The Hall–Kier alpha value is -0.580. The summed E-state index contributed by atoms with van der Waals surface area (Å²) in [6.07, 6.45) is 3.26. The van der Waals surface area contributed by atoms with Gasteiger partial charge in [0.15, 0.2) is 9.84 Å². The van der Waals surface area contributed by atoms with Crippen molar-refractivity contribution in [3.05, 3.63) is 34.3 Å². The first-order valence-electron chi connectivity index (χ1n) is 6.39. The Labute approximate surface area is 119 Å². The molecule has 1 aromatic carbocycles. The minimum Gasteiger partial charge on any atom is -0.388 e. The molecule has 0 aliphatic heterocycles. The Morgan fingerprint density at radius 2 is 2.16 bits per heavy atom. The van der Waals surface area contributed by atoms with E-state index < -0.39 is 20.7 Å². The number of sulfone groups is 1. The van der Waals surface area contributed by atoms with Gasteiger partial charge in [0.05, 0.1) is 10.9 Å². The van der Waals surface area contributed by atoms with E-state index in [1.54, 1.807) is 0 Å². The summed E-state index contributed by atoms with van der Waals surface area (Å²) < 4.78 is 23.6. The van der Waals surface area contributed by atoms with E-state index in [1.165, 1.54) is 6.26 Å². The average molecular weight is 303 g/mol. The molecule has 1 N–H and O–H groups in total. The molecule has 0 heterocycles. The van der Waals surface area contributed by atoms with Gasteiger partial charge in [0.1, 0.15) is 0 Å². The van der Waals surface area contributed by atoms with Crippen molar-refractivity contribution in [3.63, 3.8) is 0 Å². The Bertz CT molecular complexity index is 582. The molecule has 5 heteroatoms. The van der Waals surface area contributed by atoms with Crippen LogP contribution in [0.4, 0.5) is 0 Å². The predicted molar refractivity (Wildman–Crippen MR) is 77.3 cm³/mol.